The Bertz CT molecular complexity index is 1150. The van der Waals surface area contributed by atoms with Crippen LogP contribution in [-0.2, 0) is 13.1 Å². The van der Waals surface area contributed by atoms with Gasteiger partial charge in [-0.3, -0.25) is 5.10 Å². The number of hydrogen-bond donors (Lipinski definition) is 2. The second-order valence-electron chi connectivity index (χ2n) is 6.63. The maximum absolute atomic E-state index is 11.5. The molecule has 4 aromatic rings. The van der Waals surface area contributed by atoms with Crippen molar-refractivity contribution in [1.82, 2.24) is 24.8 Å². The number of aromatic nitrogens is 5. The fraction of sp³-hybridized carbons (Fsp3) is 0.158. The van der Waals surface area contributed by atoms with Crippen molar-refractivity contribution in [3.63, 3.8) is 0 Å². The smallest absolute Gasteiger partial charge is 0.356 e. The molecule has 0 saturated heterocycles. The van der Waals surface area contributed by atoms with Crippen molar-refractivity contribution < 1.29 is 9.90 Å². The average Bonchev–Trinajstić information content (AvgIpc) is 3.39. The summed E-state index contributed by atoms with van der Waals surface area (Å²) in [5.41, 5.74) is 5.22. The van der Waals surface area contributed by atoms with Crippen LogP contribution in [0.1, 0.15) is 27.2 Å². The Labute approximate surface area is 154 Å². The Morgan fingerprint density at radius 2 is 1.96 bits per heavy atom. The van der Waals surface area contributed by atoms with Crippen LogP contribution in [0.5, 0.6) is 0 Å². The van der Waals surface area contributed by atoms with Gasteiger partial charge in [0.05, 0.1) is 11.9 Å². The van der Waals surface area contributed by atoms with E-state index in [0.29, 0.717) is 11.2 Å². The van der Waals surface area contributed by atoms with Crippen molar-refractivity contribution in [2.75, 3.05) is 4.90 Å². The lowest BCUT2D eigenvalue weighted by atomic mass is 10.1. The quantitative estimate of drug-likeness (QED) is 0.583. The Morgan fingerprint density at radius 1 is 1.22 bits per heavy atom. The molecule has 0 saturated carbocycles. The Hall–Kier alpha value is -3.68. The predicted molar refractivity (Wildman–Crippen MR) is 98.6 cm³/mol. The molecule has 0 unspecified atom stereocenters. The lowest BCUT2D eigenvalue weighted by Gasteiger charge is -2.18. The zero-order chi connectivity index (χ0) is 18.5. The fourth-order valence-electron chi connectivity index (χ4n) is 3.57. The minimum atomic E-state index is -1.06. The number of aromatic carboxylic acids is 1. The van der Waals surface area contributed by atoms with Gasteiger partial charge in [-0.25, -0.2) is 14.3 Å². The number of carboxylic acids is 1. The van der Waals surface area contributed by atoms with E-state index in [2.05, 4.69) is 32.3 Å². The Balaban J connectivity index is 1.70. The number of anilines is 1. The van der Waals surface area contributed by atoms with E-state index >= 15 is 0 Å². The van der Waals surface area contributed by atoms with Crippen LogP contribution in [0.15, 0.2) is 42.7 Å². The summed E-state index contributed by atoms with van der Waals surface area (Å²) in [4.78, 5) is 18.5. The first-order valence-corrected chi connectivity index (χ1v) is 8.56. The number of carboxylic acid groups (broad SMARTS) is 1. The minimum Gasteiger partial charge on any atom is -0.476 e. The molecule has 8 heteroatoms. The number of aromatic amines is 1. The van der Waals surface area contributed by atoms with E-state index in [1.54, 1.807) is 23.8 Å². The highest BCUT2D eigenvalue weighted by Crippen LogP contribution is 2.31. The van der Waals surface area contributed by atoms with Crippen LogP contribution >= 0.6 is 0 Å². The normalized spacial score (nSPS) is 13.3. The Kier molecular flexibility index (Phi) is 3.27. The monoisotopic (exact) mass is 360 g/mol. The number of nitrogens with one attached hydrogen (secondary N) is 1. The molecule has 1 aliphatic rings. The number of nitrogens with zero attached hydrogens (tertiary/aromatic N) is 5. The van der Waals surface area contributed by atoms with Crippen LogP contribution in [-0.4, -0.2) is 35.9 Å². The summed E-state index contributed by atoms with van der Waals surface area (Å²) in [5.74, 6) is -0.277. The first-order chi connectivity index (χ1) is 13.1. The molecule has 0 radical (unpaired) electrons. The third kappa shape index (κ3) is 2.37. The van der Waals surface area contributed by atoms with Gasteiger partial charge in [0, 0.05) is 36.5 Å². The summed E-state index contributed by atoms with van der Waals surface area (Å²) in [6.07, 6.45) is 3.45. The molecule has 27 heavy (non-hydrogen) atoms. The van der Waals surface area contributed by atoms with E-state index in [-0.39, 0.29) is 5.69 Å². The number of fused-ring (bicyclic) bond motifs is 2. The van der Waals surface area contributed by atoms with Crippen LogP contribution in [0, 0.1) is 6.92 Å². The lowest BCUT2D eigenvalue weighted by molar-refractivity contribution is 0.0689. The first-order valence-electron chi connectivity index (χ1n) is 8.56. The zero-order valence-corrected chi connectivity index (χ0v) is 14.5. The molecule has 4 heterocycles. The van der Waals surface area contributed by atoms with Crippen molar-refractivity contribution in [3.8, 4) is 11.3 Å². The van der Waals surface area contributed by atoms with Crippen molar-refractivity contribution in [3.05, 3.63) is 65.1 Å². The van der Waals surface area contributed by atoms with E-state index in [1.165, 1.54) is 11.1 Å². The predicted octanol–water partition coefficient (Wildman–Crippen LogP) is 2.65. The topological polar surface area (TPSA) is 99.4 Å². The van der Waals surface area contributed by atoms with Crippen LogP contribution in [0.3, 0.4) is 0 Å². The highest BCUT2D eigenvalue weighted by atomic mass is 16.4. The summed E-state index contributed by atoms with van der Waals surface area (Å²) >= 11 is 0. The summed E-state index contributed by atoms with van der Waals surface area (Å²) in [6.45, 7) is 3.27. The van der Waals surface area contributed by atoms with Gasteiger partial charge in [-0.15, -0.1) is 0 Å². The molecule has 5 rings (SSSR count). The van der Waals surface area contributed by atoms with Gasteiger partial charge in [-0.05, 0) is 18.1 Å². The van der Waals surface area contributed by atoms with E-state index in [4.69, 9.17) is 4.98 Å². The van der Waals surface area contributed by atoms with Gasteiger partial charge in [0.25, 0.3) is 0 Å². The molecule has 0 amide bonds. The molecule has 2 N–H and O–H groups in total. The third-order valence-electron chi connectivity index (χ3n) is 4.97. The van der Waals surface area contributed by atoms with E-state index in [1.807, 2.05) is 18.2 Å². The van der Waals surface area contributed by atoms with Gasteiger partial charge in [0.1, 0.15) is 5.82 Å². The fourth-order valence-corrected chi connectivity index (χ4v) is 3.57. The SMILES string of the molecule is Cc1c(C(=O)O)nn2c(-c3cn[nH]c3)cc(N3Cc4ccccc4C3)nc12. The van der Waals surface area contributed by atoms with Crippen molar-refractivity contribution in [1.29, 1.82) is 0 Å². The highest BCUT2D eigenvalue weighted by molar-refractivity contribution is 5.89. The number of aryl methyl sites for hydroxylation is 1. The van der Waals surface area contributed by atoms with Crippen LogP contribution < -0.4 is 4.90 Å². The molecule has 0 atom stereocenters. The standard InChI is InChI=1S/C19H16N6O2/c1-11-17(19(26)27)23-25-15(14-7-20-21-8-14)6-16(22-18(11)25)24-9-12-4-2-3-5-13(12)10-24/h2-8H,9-10H2,1H3,(H,20,21)(H,26,27). The maximum atomic E-state index is 11.5. The summed E-state index contributed by atoms with van der Waals surface area (Å²) in [7, 11) is 0. The van der Waals surface area contributed by atoms with E-state index in [0.717, 1.165) is 30.2 Å². The number of rotatable bonds is 3. The Morgan fingerprint density at radius 3 is 2.59 bits per heavy atom. The molecule has 1 aliphatic heterocycles. The molecular weight excluding hydrogens is 344 g/mol. The molecule has 8 nitrogen and oxygen atoms in total. The number of H-pyrrole nitrogens is 1. The molecule has 1 aromatic carbocycles. The van der Waals surface area contributed by atoms with Crippen molar-refractivity contribution >= 4 is 17.4 Å². The van der Waals surface area contributed by atoms with Crippen LogP contribution in [0.4, 0.5) is 5.82 Å². The summed E-state index contributed by atoms with van der Waals surface area (Å²) < 4.78 is 1.58. The highest BCUT2D eigenvalue weighted by Gasteiger charge is 2.24. The van der Waals surface area contributed by atoms with Gasteiger partial charge in [-0.1, -0.05) is 24.3 Å². The summed E-state index contributed by atoms with van der Waals surface area (Å²) in [5, 5.41) is 20.5. The van der Waals surface area contributed by atoms with E-state index in [9.17, 15) is 9.90 Å². The number of benzene rings is 1. The second-order valence-corrected chi connectivity index (χ2v) is 6.63. The molecule has 0 fully saturated rings. The average molecular weight is 360 g/mol. The largest absolute Gasteiger partial charge is 0.476 e. The van der Waals surface area contributed by atoms with Gasteiger partial charge < -0.3 is 10.0 Å². The molecule has 0 bridgehead atoms. The molecule has 0 spiro atoms. The molecule has 0 aliphatic carbocycles. The number of hydrogen-bond acceptors (Lipinski definition) is 5. The van der Waals surface area contributed by atoms with Gasteiger partial charge in [-0.2, -0.15) is 10.2 Å². The maximum Gasteiger partial charge on any atom is 0.356 e. The lowest BCUT2D eigenvalue weighted by Crippen LogP contribution is -2.17. The van der Waals surface area contributed by atoms with Crippen LogP contribution in [0.25, 0.3) is 16.9 Å². The van der Waals surface area contributed by atoms with Gasteiger partial charge in [0.2, 0.25) is 0 Å². The second kappa shape index (κ2) is 5.66. The van der Waals surface area contributed by atoms with Crippen molar-refractivity contribution in [2.24, 2.45) is 0 Å². The molecule has 3 aromatic heterocycles. The first kappa shape index (κ1) is 15.6. The molecular formula is C19H16N6O2. The van der Waals surface area contributed by atoms with Gasteiger partial charge in [0.15, 0.2) is 11.3 Å². The number of carbonyl (C=O) groups is 1. The van der Waals surface area contributed by atoms with Gasteiger partial charge >= 0.3 is 5.97 Å². The summed E-state index contributed by atoms with van der Waals surface area (Å²) in [6, 6.07) is 10.3. The van der Waals surface area contributed by atoms with Crippen LogP contribution in [0.2, 0.25) is 0 Å². The zero-order valence-electron chi connectivity index (χ0n) is 14.5. The van der Waals surface area contributed by atoms with Crippen molar-refractivity contribution in [2.45, 2.75) is 20.0 Å². The molecule has 134 valence electrons. The third-order valence-corrected chi connectivity index (χ3v) is 4.97. The minimum absolute atomic E-state index is 0.00843. The van der Waals surface area contributed by atoms with E-state index < -0.39 is 5.97 Å².